The van der Waals surface area contributed by atoms with Crippen LogP contribution in [0.3, 0.4) is 0 Å². The van der Waals surface area contributed by atoms with Crippen molar-refractivity contribution in [1.82, 2.24) is 20.2 Å². The van der Waals surface area contributed by atoms with Gasteiger partial charge in [-0.1, -0.05) is 0 Å². The van der Waals surface area contributed by atoms with E-state index in [0.29, 0.717) is 13.2 Å². The minimum Gasteiger partial charge on any atom is -0.467 e. The number of guanidine groups is 1. The van der Waals surface area contributed by atoms with Crippen LogP contribution >= 0.6 is 24.0 Å². The Kier molecular flexibility index (Phi) is 11.8. The van der Waals surface area contributed by atoms with Crippen molar-refractivity contribution < 1.29 is 9.15 Å². The molecule has 0 bridgehead atoms. The average molecular weight is 475 g/mol. The van der Waals surface area contributed by atoms with Gasteiger partial charge in [0.1, 0.15) is 18.2 Å². The summed E-state index contributed by atoms with van der Waals surface area (Å²) in [5.41, 5.74) is 0. The summed E-state index contributed by atoms with van der Waals surface area (Å²) in [6.45, 7) is 5.98. The van der Waals surface area contributed by atoms with Gasteiger partial charge in [-0.05, 0) is 38.3 Å². The number of ether oxygens (including phenoxy) is 1. The van der Waals surface area contributed by atoms with Crippen molar-refractivity contribution in [3.8, 4) is 0 Å². The number of rotatable bonds is 11. The first-order chi connectivity index (χ1) is 12.3. The van der Waals surface area contributed by atoms with E-state index in [1.54, 1.807) is 13.3 Å². The van der Waals surface area contributed by atoms with E-state index >= 15 is 0 Å². The zero-order valence-electron chi connectivity index (χ0n) is 15.6. The second-order valence-corrected chi connectivity index (χ2v) is 5.79. The van der Waals surface area contributed by atoms with Crippen molar-refractivity contribution in [2.45, 2.75) is 39.3 Å². The molecule has 2 rings (SSSR count). The van der Waals surface area contributed by atoms with Crippen LogP contribution < -0.4 is 10.6 Å². The predicted octanol–water partition coefficient (Wildman–Crippen LogP) is 2.95. The molecule has 7 nitrogen and oxygen atoms in total. The Hall–Kier alpha value is -1.55. The number of hydrogen-bond donors (Lipinski definition) is 2. The monoisotopic (exact) mass is 475 g/mol. The summed E-state index contributed by atoms with van der Waals surface area (Å²) in [5.74, 6) is 2.76. The molecular weight excluding hydrogens is 445 g/mol. The van der Waals surface area contributed by atoms with Gasteiger partial charge in [-0.2, -0.15) is 0 Å². The number of unbranched alkanes of at least 4 members (excludes halogenated alkanes) is 1. The number of nitrogens with one attached hydrogen (secondary N) is 2. The van der Waals surface area contributed by atoms with Crippen LogP contribution in [-0.4, -0.2) is 42.3 Å². The molecule has 0 aliphatic heterocycles. The van der Waals surface area contributed by atoms with Crippen LogP contribution in [-0.2, 0) is 17.9 Å². The summed E-state index contributed by atoms with van der Waals surface area (Å²) < 4.78 is 12.9. The first-order valence-corrected chi connectivity index (χ1v) is 8.82. The predicted molar refractivity (Wildman–Crippen MR) is 114 cm³/mol. The van der Waals surface area contributed by atoms with Crippen LogP contribution in [0.25, 0.3) is 0 Å². The molecule has 0 radical (unpaired) electrons. The summed E-state index contributed by atoms with van der Waals surface area (Å²) in [7, 11) is 1.79. The fourth-order valence-corrected chi connectivity index (χ4v) is 2.42. The SMILES string of the molecule is CN=C(NCCCCn1ccnc1C)NCCCOCc1ccco1.I. The first-order valence-electron chi connectivity index (χ1n) is 8.82. The molecule has 0 aliphatic carbocycles. The molecule has 0 aromatic carbocycles. The van der Waals surface area contributed by atoms with Crippen LogP contribution in [0.5, 0.6) is 0 Å². The van der Waals surface area contributed by atoms with Crippen LogP contribution in [0.2, 0.25) is 0 Å². The summed E-state index contributed by atoms with van der Waals surface area (Å²) in [4.78, 5) is 8.46. The highest BCUT2D eigenvalue weighted by Gasteiger charge is 1.99. The number of halogens is 1. The molecular formula is C18H30IN5O2. The first kappa shape index (κ1) is 22.5. The van der Waals surface area contributed by atoms with Crippen molar-refractivity contribution >= 4 is 29.9 Å². The Labute approximate surface area is 172 Å². The van der Waals surface area contributed by atoms with Gasteiger partial charge in [-0.3, -0.25) is 4.99 Å². The van der Waals surface area contributed by atoms with Crippen molar-refractivity contribution in [2.75, 3.05) is 26.7 Å². The smallest absolute Gasteiger partial charge is 0.190 e. The summed E-state index contributed by atoms with van der Waals surface area (Å²) in [6, 6.07) is 3.78. The van der Waals surface area contributed by atoms with Gasteiger partial charge in [0.2, 0.25) is 0 Å². The third kappa shape index (κ3) is 8.70. The molecule has 8 heteroatoms. The third-order valence-electron chi connectivity index (χ3n) is 3.85. The minimum absolute atomic E-state index is 0. The van der Waals surface area contributed by atoms with Gasteiger partial charge in [0.15, 0.2) is 5.96 Å². The molecule has 2 N–H and O–H groups in total. The van der Waals surface area contributed by atoms with Crippen LogP contribution in [0.4, 0.5) is 0 Å². The highest BCUT2D eigenvalue weighted by molar-refractivity contribution is 14.0. The minimum atomic E-state index is 0. The van der Waals surface area contributed by atoms with Gasteiger partial charge in [0.05, 0.1) is 6.26 Å². The Morgan fingerprint density at radius 2 is 2.08 bits per heavy atom. The Bertz CT molecular complexity index is 613. The summed E-state index contributed by atoms with van der Waals surface area (Å²) in [6.07, 6.45) is 8.65. The van der Waals surface area contributed by atoms with E-state index in [9.17, 15) is 0 Å². The summed E-state index contributed by atoms with van der Waals surface area (Å²) >= 11 is 0. The van der Waals surface area contributed by atoms with Gasteiger partial charge < -0.3 is 24.4 Å². The maximum Gasteiger partial charge on any atom is 0.190 e. The van der Waals surface area contributed by atoms with Crippen molar-refractivity contribution in [3.05, 3.63) is 42.4 Å². The molecule has 2 aromatic heterocycles. The number of aromatic nitrogens is 2. The van der Waals surface area contributed by atoms with E-state index in [1.807, 2.05) is 31.5 Å². The fraction of sp³-hybridized carbons (Fsp3) is 0.556. The van der Waals surface area contributed by atoms with Crippen molar-refractivity contribution in [2.24, 2.45) is 4.99 Å². The van der Waals surface area contributed by atoms with E-state index in [-0.39, 0.29) is 24.0 Å². The van der Waals surface area contributed by atoms with Gasteiger partial charge in [0.25, 0.3) is 0 Å². The van der Waals surface area contributed by atoms with Crippen LogP contribution in [0, 0.1) is 6.92 Å². The molecule has 0 fully saturated rings. The Morgan fingerprint density at radius 3 is 2.73 bits per heavy atom. The number of aliphatic imine (C=N–C) groups is 1. The summed E-state index contributed by atoms with van der Waals surface area (Å²) in [5, 5.41) is 6.63. The molecule has 2 heterocycles. The van der Waals surface area contributed by atoms with E-state index in [1.165, 1.54) is 0 Å². The maximum atomic E-state index is 5.55. The van der Waals surface area contributed by atoms with Gasteiger partial charge in [-0.25, -0.2) is 4.98 Å². The van der Waals surface area contributed by atoms with E-state index in [4.69, 9.17) is 9.15 Å². The fourth-order valence-electron chi connectivity index (χ4n) is 2.42. The van der Waals surface area contributed by atoms with E-state index in [2.05, 4.69) is 25.2 Å². The molecule has 0 spiro atoms. The number of furan rings is 1. The topological polar surface area (TPSA) is 76.6 Å². The lowest BCUT2D eigenvalue weighted by atomic mass is 10.3. The molecule has 26 heavy (non-hydrogen) atoms. The van der Waals surface area contributed by atoms with E-state index in [0.717, 1.165) is 56.4 Å². The zero-order chi connectivity index (χ0) is 17.7. The third-order valence-corrected chi connectivity index (χ3v) is 3.85. The normalized spacial score (nSPS) is 11.2. The van der Waals surface area contributed by atoms with Crippen molar-refractivity contribution in [3.63, 3.8) is 0 Å². The molecule has 0 atom stereocenters. The van der Waals surface area contributed by atoms with Crippen LogP contribution in [0.1, 0.15) is 30.8 Å². The average Bonchev–Trinajstić information content (AvgIpc) is 3.27. The number of hydrogen-bond acceptors (Lipinski definition) is 4. The Morgan fingerprint density at radius 1 is 1.27 bits per heavy atom. The van der Waals surface area contributed by atoms with Gasteiger partial charge in [0, 0.05) is 45.7 Å². The number of imidazole rings is 1. The van der Waals surface area contributed by atoms with Crippen molar-refractivity contribution in [1.29, 1.82) is 0 Å². The van der Waals surface area contributed by atoms with Gasteiger partial charge in [-0.15, -0.1) is 24.0 Å². The Balaban J connectivity index is 0.00000338. The molecule has 2 aromatic rings. The van der Waals surface area contributed by atoms with Gasteiger partial charge >= 0.3 is 0 Å². The molecule has 0 saturated heterocycles. The lowest BCUT2D eigenvalue weighted by Crippen LogP contribution is -2.38. The quantitative estimate of drug-likeness (QED) is 0.226. The van der Waals surface area contributed by atoms with E-state index < -0.39 is 0 Å². The number of nitrogens with zero attached hydrogens (tertiary/aromatic N) is 3. The second-order valence-electron chi connectivity index (χ2n) is 5.79. The lowest BCUT2D eigenvalue weighted by molar-refractivity contribution is 0.105. The largest absolute Gasteiger partial charge is 0.467 e. The molecule has 0 aliphatic rings. The highest BCUT2D eigenvalue weighted by atomic mass is 127. The second kappa shape index (κ2) is 13.6. The van der Waals surface area contributed by atoms with Crippen LogP contribution in [0.15, 0.2) is 40.2 Å². The number of aryl methyl sites for hydroxylation is 2. The lowest BCUT2D eigenvalue weighted by Gasteiger charge is -2.12. The molecule has 0 saturated carbocycles. The standard InChI is InChI=1S/C18H29N5O2.HI/c1-16-20-10-12-23(16)11-4-3-8-21-18(19-2)22-9-6-13-24-15-17-7-5-14-25-17;/h5,7,10,12,14H,3-4,6,8-9,11,13,15H2,1-2H3,(H2,19,21,22);1H. The zero-order valence-corrected chi connectivity index (χ0v) is 17.9. The molecule has 0 unspecified atom stereocenters. The molecule has 0 amide bonds. The highest BCUT2D eigenvalue weighted by Crippen LogP contribution is 2.01. The maximum absolute atomic E-state index is 5.55. The molecule has 146 valence electrons.